The van der Waals surface area contributed by atoms with Crippen molar-refractivity contribution in [1.82, 2.24) is 14.8 Å². The number of nitrogens with one attached hydrogen (secondary N) is 1. The lowest BCUT2D eigenvalue weighted by atomic mass is 10.00. The molecule has 9 nitrogen and oxygen atoms in total. The van der Waals surface area contributed by atoms with Crippen molar-refractivity contribution in [3.63, 3.8) is 0 Å². The highest BCUT2D eigenvalue weighted by Crippen LogP contribution is 2.28. The summed E-state index contributed by atoms with van der Waals surface area (Å²) in [6, 6.07) is 8.12. The number of anilines is 1. The van der Waals surface area contributed by atoms with E-state index in [1.165, 1.54) is 4.90 Å². The Hall–Kier alpha value is -3.77. The van der Waals surface area contributed by atoms with Crippen molar-refractivity contribution in [2.75, 3.05) is 39.2 Å². The molecule has 198 valence electrons. The average molecular weight is 509 g/mol. The number of methoxy groups -OCH3 is 1. The Morgan fingerprint density at radius 1 is 1.35 bits per heavy atom. The van der Waals surface area contributed by atoms with E-state index in [1.807, 2.05) is 32.9 Å². The van der Waals surface area contributed by atoms with Crippen molar-refractivity contribution in [1.29, 1.82) is 0 Å². The van der Waals surface area contributed by atoms with E-state index >= 15 is 0 Å². The van der Waals surface area contributed by atoms with Crippen LogP contribution in [0.2, 0.25) is 0 Å². The highest BCUT2D eigenvalue weighted by Gasteiger charge is 2.34. The fraction of sp³-hybridized carbons (Fsp3) is 0.464. The van der Waals surface area contributed by atoms with E-state index in [-0.39, 0.29) is 48.4 Å². The molecule has 9 heteroatoms. The number of likely N-dealkylation sites (N-methyl/N-ethyl adjacent to an activating group) is 1. The lowest BCUT2D eigenvalue weighted by Gasteiger charge is -2.37. The van der Waals surface area contributed by atoms with Crippen LogP contribution in [0.1, 0.15) is 43.6 Å². The van der Waals surface area contributed by atoms with Gasteiger partial charge in [-0.15, -0.1) is 0 Å². The predicted molar refractivity (Wildman–Crippen MR) is 142 cm³/mol. The molecule has 0 spiro atoms. The molecule has 0 bridgehead atoms. The van der Waals surface area contributed by atoms with E-state index in [2.05, 4.69) is 22.1 Å². The maximum Gasteiger partial charge on any atom is 0.321 e. The molecule has 0 radical (unpaired) electrons. The first-order valence-electron chi connectivity index (χ1n) is 12.4. The Morgan fingerprint density at radius 3 is 2.76 bits per heavy atom. The second-order valence-corrected chi connectivity index (χ2v) is 9.63. The van der Waals surface area contributed by atoms with Gasteiger partial charge in [0.25, 0.3) is 5.91 Å². The van der Waals surface area contributed by atoms with Crippen LogP contribution in [0.25, 0.3) is 0 Å². The standard InChI is InChI=1S/C28H36N4O5/c1-18(2)11-12-21-13-22-26(29-14-21)37-25(19(3)15-32(27(22)34)20(4)17-33)16-31(5)28(35)30-23-9-7-8-10-24(23)36-6/h7-10,13-14,18-20,25,33H,15-17H2,1-6H3,(H,30,35)/t19-,20+,25+/m1/s1. The highest BCUT2D eigenvalue weighted by molar-refractivity contribution is 5.97. The Labute approximate surface area is 218 Å². The van der Waals surface area contributed by atoms with Gasteiger partial charge in [0.2, 0.25) is 5.88 Å². The van der Waals surface area contributed by atoms with Gasteiger partial charge in [-0.1, -0.05) is 44.7 Å². The molecule has 0 unspecified atom stereocenters. The van der Waals surface area contributed by atoms with E-state index in [0.29, 0.717) is 23.5 Å². The van der Waals surface area contributed by atoms with E-state index in [1.54, 1.807) is 50.4 Å². The largest absolute Gasteiger partial charge is 0.495 e. The number of aliphatic hydroxyl groups excluding tert-OH is 1. The maximum atomic E-state index is 13.5. The summed E-state index contributed by atoms with van der Waals surface area (Å²) in [5.74, 6) is 6.61. The van der Waals surface area contributed by atoms with Crippen LogP contribution >= 0.6 is 0 Å². The third-order valence-electron chi connectivity index (χ3n) is 6.18. The number of nitrogens with zero attached hydrogens (tertiary/aromatic N) is 3. The summed E-state index contributed by atoms with van der Waals surface area (Å²) in [5.41, 5.74) is 1.46. The summed E-state index contributed by atoms with van der Waals surface area (Å²) in [6.07, 6.45) is 1.12. The van der Waals surface area contributed by atoms with Gasteiger partial charge in [-0.05, 0) is 25.1 Å². The number of rotatable bonds is 6. The maximum absolute atomic E-state index is 13.5. The van der Waals surface area contributed by atoms with Gasteiger partial charge >= 0.3 is 6.03 Å². The summed E-state index contributed by atoms with van der Waals surface area (Å²) >= 11 is 0. The van der Waals surface area contributed by atoms with Gasteiger partial charge in [0.05, 0.1) is 32.0 Å². The van der Waals surface area contributed by atoms with Crippen molar-refractivity contribution >= 4 is 17.6 Å². The van der Waals surface area contributed by atoms with Gasteiger partial charge in [-0.3, -0.25) is 4.79 Å². The van der Waals surface area contributed by atoms with Crippen LogP contribution < -0.4 is 14.8 Å². The Bertz CT molecular complexity index is 1170. The molecule has 3 rings (SSSR count). The number of benzene rings is 1. The van der Waals surface area contributed by atoms with Gasteiger partial charge in [0.1, 0.15) is 17.4 Å². The minimum atomic E-state index is -0.464. The summed E-state index contributed by atoms with van der Waals surface area (Å²) in [5, 5.41) is 12.7. The zero-order valence-corrected chi connectivity index (χ0v) is 22.3. The van der Waals surface area contributed by atoms with E-state index in [9.17, 15) is 14.7 Å². The third-order valence-corrected chi connectivity index (χ3v) is 6.18. The van der Waals surface area contributed by atoms with Gasteiger partial charge in [-0.25, -0.2) is 9.78 Å². The summed E-state index contributed by atoms with van der Waals surface area (Å²) in [7, 11) is 3.22. The van der Waals surface area contributed by atoms with E-state index in [0.717, 1.165) is 0 Å². The van der Waals surface area contributed by atoms with Gasteiger partial charge in [0, 0.05) is 37.2 Å². The van der Waals surface area contributed by atoms with Crippen molar-refractivity contribution in [2.45, 2.75) is 39.8 Å². The zero-order chi connectivity index (χ0) is 27.1. The molecule has 0 saturated heterocycles. The number of aromatic nitrogens is 1. The lowest BCUT2D eigenvalue weighted by molar-refractivity contribution is 0.0356. The number of carbonyl (C=O) groups excluding carboxylic acids is 2. The van der Waals surface area contributed by atoms with Gasteiger partial charge in [0.15, 0.2) is 0 Å². The summed E-state index contributed by atoms with van der Waals surface area (Å²) < 4.78 is 11.6. The first-order valence-corrected chi connectivity index (χ1v) is 12.4. The van der Waals surface area contributed by atoms with Gasteiger partial charge in [-0.2, -0.15) is 0 Å². The first-order chi connectivity index (χ1) is 17.6. The molecule has 3 atom stereocenters. The Balaban J connectivity index is 1.89. The van der Waals surface area contributed by atoms with Crippen molar-refractivity contribution < 1.29 is 24.2 Å². The molecular formula is C28H36N4O5. The quantitative estimate of drug-likeness (QED) is 0.579. The number of hydrogen-bond acceptors (Lipinski definition) is 6. The van der Waals surface area contributed by atoms with Gasteiger partial charge < -0.3 is 29.7 Å². The molecular weight excluding hydrogens is 472 g/mol. The summed E-state index contributed by atoms with van der Waals surface area (Å²) in [4.78, 5) is 34.1. The van der Waals surface area contributed by atoms with Crippen LogP contribution in [0.5, 0.6) is 11.6 Å². The molecule has 1 aromatic heterocycles. The summed E-state index contributed by atoms with van der Waals surface area (Å²) in [6.45, 7) is 8.13. The monoisotopic (exact) mass is 508 g/mol. The first kappa shape index (κ1) is 27.8. The number of fused-ring (bicyclic) bond motifs is 1. The minimum Gasteiger partial charge on any atom is -0.495 e. The SMILES string of the molecule is COc1ccccc1NC(=O)N(C)C[C@@H]1Oc2ncc(C#CC(C)C)cc2C(=O)N([C@@H](C)CO)C[C@H]1C. The minimum absolute atomic E-state index is 0.158. The van der Waals surface area contributed by atoms with Crippen molar-refractivity contribution in [2.24, 2.45) is 11.8 Å². The van der Waals surface area contributed by atoms with Crippen LogP contribution in [0.4, 0.5) is 10.5 Å². The molecule has 0 aliphatic carbocycles. The Morgan fingerprint density at radius 2 is 2.08 bits per heavy atom. The van der Waals surface area contributed by atoms with Crippen molar-refractivity contribution in [3.8, 4) is 23.5 Å². The molecule has 37 heavy (non-hydrogen) atoms. The molecule has 0 fully saturated rings. The highest BCUT2D eigenvalue weighted by atomic mass is 16.5. The number of para-hydroxylation sites is 2. The van der Waals surface area contributed by atoms with E-state index in [4.69, 9.17) is 9.47 Å². The Kier molecular flexibility index (Phi) is 9.36. The van der Waals surface area contributed by atoms with Crippen LogP contribution in [0.15, 0.2) is 36.5 Å². The molecule has 1 aliphatic heterocycles. The molecule has 3 amide bonds. The number of aliphatic hydroxyl groups is 1. The number of pyridine rings is 1. The van der Waals surface area contributed by atoms with Crippen LogP contribution in [-0.4, -0.2) is 77.8 Å². The van der Waals surface area contributed by atoms with E-state index < -0.39 is 12.1 Å². The molecule has 1 aliphatic rings. The van der Waals surface area contributed by atoms with Crippen LogP contribution in [0.3, 0.4) is 0 Å². The zero-order valence-electron chi connectivity index (χ0n) is 22.3. The number of urea groups is 1. The second-order valence-electron chi connectivity index (χ2n) is 9.63. The van der Waals surface area contributed by atoms with Crippen molar-refractivity contribution in [3.05, 3.63) is 47.7 Å². The number of amides is 3. The number of carbonyl (C=O) groups is 2. The van der Waals surface area contributed by atoms with Crippen LogP contribution in [0, 0.1) is 23.7 Å². The van der Waals surface area contributed by atoms with Crippen LogP contribution in [-0.2, 0) is 0 Å². The second kappa shape index (κ2) is 12.5. The predicted octanol–water partition coefficient (Wildman–Crippen LogP) is 3.48. The smallest absolute Gasteiger partial charge is 0.321 e. The normalized spacial score (nSPS) is 17.9. The molecule has 2 N–H and O–H groups in total. The third kappa shape index (κ3) is 6.92. The topological polar surface area (TPSA) is 104 Å². The number of ether oxygens (including phenoxy) is 2. The average Bonchev–Trinajstić information content (AvgIpc) is 2.89. The number of hydrogen-bond donors (Lipinski definition) is 2. The lowest BCUT2D eigenvalue weighted by Crippen LogP contribution is -2.50. The molecule has 0 saturated carbocycles. The molecule has 2 heterocycles. The molecule has 2 aromatic rings. The molecule has 1 aromatic carbocycles. The fourth-order valence-corrected chi connectivity index (χ4v) is 3.93. The fourth-order valence-electron chi connectivity index (χ4n) is 3.93.